The van der Waals surface area contributed by atoms with Crippen molar-refractivity contribution in [3.63, 3.8) is 0 Å². The molecule has 0 radical (unpaired) electrons. The predicted octanol–water partition coefficient (Wildman–Crippen LogP) is 2.15. The number of halogens is 1. The maximum absolute atomic E-state index is 13.6. The van der Waals surface area contributed by atoms with E-state index >= 15 is 0 Å². The molecule has 16 heavy (non-hydrogen) atoms. The maximum atomic E-state index is 13.6. The smallest absolute Gasteiger partial charge is 0.147 e. The Kier molecular flexibility index (Phi) is 2.62. The van der Waals surface area contributed by atoms with Crippen molar-refractivity contribution in [3.8, 4) is 5.69 Å². The second kappa shape index (κ2) is 3.94. The van der Waals surface area contributed by atoms with Crippen LogP contribution in [0.15, 0.2) is 30.7 Å². The molecule has 0 aliphatic heterocycles. The summed E-state index contributed by atoms with van der Waals surface area (Å²) in [7, 11) is 1.48. The lowest BCUT2D eigenvalue weighted by Gasteiger charge is -2.12. The molecular weight excluding hydrogens is 209 g/mol. The molecule has 1 heterocycles. The van der Waals surface area contributed by atoms with Crippen LogP contribution in [0.1, 0.15) is 5.69 Å². The molecule has 0 saturated carbocycles. The highest BCUT2D eigenvalue weighted by Gasteiger charge is 2.07. The molecule has 0 aliphatic rings. The third kappa shape index (κ3) is 1.90. The third-order valence-corrected chi connectivity index (χ3v) is 2.29. The van der Waals surface area contributed by atoms with Crippen LogP contribution in [0.2, 0.25) is 0 Å². The van der Waals surface area contributed by atoms with E-state index in [1.807, 2.05) is 6.92 Å². The second-order valence-corrected chi connectivity index (χ2v) is 3.58. The van der Waals surface area contributed by atoms with Crippen LogP contribution in [-0.4, -0.2) is 21.8 Å². The first-order valence-corrected chi connectivity index (χ1v) is 4.81. The van der Waals surface area contributed by atoms with E-state index in [0.717, 1.165) is 10.8 Å². The summed E-state index contributed by atoms with van der Waals surface area (Å²) >= 11 is 0. The molecule has 0 aliphatic carbocycles. The third-order valence-electron chi connectivity index (χ3n) is 2.29. The summed E-state index contributed by atoms with van der Waals surface area (Å²) in [6, 6.07) is 4.37. The fraction of sp³-hybridized carbons (Fsp3) is 0.182. The molecular formula is C11H12FN3O. The van der Waals surface area contributed by atoms with Crippen LogP contribution in [-0.2, 0) is 0 Å². The minimum Gasteiger partial charge on any atom is -0.303 e. The number of aromatic nitrogens is 2. The van der Waals surface area contributed by atoms with E-state index in [2.05, 4.69) is 4.98 Å². The molecule has 2 rings (SSSR count). The number of anilines is 1. The van der Waals surface area contributed by atoms with Crippen molar-refractivity contribution >= 4 is 5.69 Å². The summed E-state index contributed by atoms with van der Waals surface area (Å²) in [5, 5.41) is 10.2. The number of aryl methyl sites for hydroxylation is 1. The summed E-state index contributed by atoms with van der Waals surface area (Å²) < 4.78 is 15.2. The molecule has 0 fully saturated rings. The number of hydroxylamine groups is 1. The molecule has 1 aromatic heterocycles. The van der Waals surface area contributed by atoms with Gasteiger partial charge in [-0.15, -0.1) is 0 Å². The normalized spacial score (nSPS) is 10.5. The monoisotopic (exact) mass is 221 g/mol. The van der Waals surface area contributed by atoms with Gasteiger partial charge in [0.2, 0.25) is 0 Å². The van der Waals surface area contributed by atoms with Crippen molar-refractivity contribution in [3.05, 3.63) is 42.2 Å². The van der Waals surface area contributed by atoms with Crippen LogP contribution in [0.3, 0.4) is 0 Å². The summed E-state index contributed by atoms with van der Waals surface area (Å²) in [4.78, 5) is 4.03. The lowest BCUT2D eigenvalue weighted by atomic mass is 10.2. The second-order valence-electron chi connectivity index (χ2n) is 3.58. The molecule has 1 aromatic carbocycles. The Labute approximate surface area is 92.5 Å². The summed E-state index contributed by atoms with van der Waals surface area (Å²) in [6.45, 7) is 1.83. The largest absolute Gasteiger partial charge is 0.303 e. The standard InChI is InChI=1S/C11H12FN3O/c1-8-6-15(7-13-8)11-5-9(14(2)16)3-4-10(11)12/h3-7,16H,1-2H3. The first kappa shape index (κ1) is 10.6. The van der Waals surface area contributed by atoms with Crippen LogP contribution in [0.4, 0.5) is 10.1 Å². The Morgan fingerprint density at radius 1 is 1.44 bits per heavy atom. The molecule has 0 bridgehead atoms. The number of nitrogens with zero attached hydrogens (tertiary/aromatic N) is 3. The zero-order valence-electron chi connectivity index (χ0n) is 9.05. The van der Waals surface area contributed by atoms with Crippen molar-refractivity contribution in [2.75, 3.05) is 12.1 Å². The number of rotatable bonds is 2. The van der Waals surface area contributed by atoms with E-state index in [4.69, 9.17) is 0 Å². The topological polar surface area (TPSA) is 41.3 Å². The Hall–Kier alpha value is -1.88. The average Bonchev–Trinajstić information content (AvgIpc) is 2.65. The van der Waals surface area contributed by atoms with E-state index in [1.54, 1.807) is 16.8 Å². The quantitative estimate of drug-likeness (QED) is 0.790. The van der Waals surface area contributed by atoms with Gasteiger partial charge in [-0.2, -0.15) is 0 Å². The van der Waals surface area contributed by atoms with E-state index < -0.39 is 0 Å². The SMILES string of the molecule is Cc1cn(-c2cc(N(C)O)ccc2F)cn1. The Morgan fingerprint density at radius 3 is 2.75 bits per heavy atom. The minimum atomic E-state index is -0.358. The van der Waals surface area contributed by atoms with Crippen LogP contribution in [0.25, 0.3) is 5.69 Å². The molecule has 0 amide bonds. The molecule has 2 aromatic rings. The molecule has 0 unspecified atom stereocenters. The van der Waals surface area contributed by atoms with Gasteiger partial charge in [-0.05, 0) is 25.1 Å². The molecule has 1 N–H and O–H groups in total. The van der Waals surface area contributed by atoms with Crippen LogP contribution < -0.4 is 5.06 Å². The van der Waals surface area contributed by atoms with Gasteiger partial charge in [0.25, 0.3) is 0 Å². The Morgan fingerprint density at radius 2 is 2.19 bits per heavy atom. The van der Waals surface area contributed by atoms with Gasteiger partial charge in [0.15, 0.2) is 0 Å². The average molecular weight is 221 g/mol. The van der Waals surface area contributed by atoms with Crippen LogP contribution >= 0.6 is 0 Å². The van der Waals surface area contributed by atoms with E-state index in [9.17, 15) is 9.60 Å². The fourth-order valence-corrected chi connectivity index (χ4v) is 1.45. The van der Waals surface area contributed by atoms with Crippen molar-refractivity contribution < 1.29 is 9.60 Å². The fourth-order valence-electron chi connectivity index (χ4n) is 1.45. The first-order valence-electron chi connectivity index (χ1n) is 4.81. The van der Waals surface area contributed by atoms with E-state index in [-0.39, 0.29) is 5.82 Å². The van der Waals surface area contributed by atoms with Gasteiger partial charge in [-0.3, -0.25) is 10.3 Å². The lowest BCUT2D eigenvalue weighted by Crippen LogP contribution is -2.10. The van der Waals surface area contributed by atoms with Gasteiger partial charge in [0.1, 0.15) is 5.82 Å². The molecule has 0 saturated heterocycles. The number of hydrogen-bond acceptors (Lipinski definition) is 3. The lowest BCUT2D eigenvalue weighted by molar-refractivity contribution is 0.279. The van der Waals surface area contributed by atoms with Gasteiger partial charge >= 0.3 is 0 Å². The van der Waals surface area contributed by atoms with Crippen molar-refractivity contribution in [2.45, 2.75) is 6.92 Å². The minimum absolute atomic E-state index is 0.358. The van der Waals surface area contributed by atoms with E-state index in [1.165, 1.54) is 25.5 Å². The number of hydrogen-bond donors (Lipinski definition) is 1. The summed E-state index contributed by atoms with van der Waals surface area (Å²) in [6.07, 6.45) is 3.26. The molecule has 84 valence electrons. The van der Waals surface area contributed by atoms with Gasteiger partial charge in [-0.25, -0.2) is 9.37 Å². The highest BCUT2D eigenvalue weighted by molar-refractivity contribution is 5.51. The maximum Gasteiger partial charge on any atom is 0.147 e. The van der Waals surface area contributed by atoms with Gasteiger partial charge in [-0.1, -0.05) is 0 Å². The van der Waals surface area contributed by atoms with Crippen LogP contribution in [0, 0.1) is 12.7 Å². The van der Waals surface area contributed by atoms with Crippen molar-refractivity contribution in [1.29, 1.82) is 0 Å². The number of imidazole rings is 1. The summed E-state index contributed by atoms with van der Waals surface area (Å²) in [5.41, 5.74) is 1.68. The molecule has 0 spiro atoms. The number of benzene rings is 1. The Bertz CT molecular complexity index is 508. The van der Waals surface area contributed by atoms with Crippen LogP contribution in [0.5, 0.6) is 0 Å². The van der Waals surface area contributed by atoms with Gasteiger partial charge < -0.3 is 4.57 Å². The highest BCUT2D eigenvalue weighted by Crippen LogP contribution is 2.20. The van der Waals surface area contributed by atoms with E-state index in [0.29, 0.717) is 11.4 Å². The molecule has 0 atom stereocenters. The zero-order chi connectivity index (χ0) is 11.7. The predicted molar refractivity (Wildman–Crippen MR) is 58.4 cm³/mol. The molecule has 5 heteroatoms. The first-order chi connectivity index (χ1) is 7.58. The van der Waals surface area contributed by atoms with Crippen molar-refractivity contribution in [1.82, 2.24) is 9.55 Å². The summed E-state index contributed by atoms with van der Waals surface area (Å²) in [5.74, 6) is -0.358. The molecule has 4 nitrogen and oxygen atoms in total. The highest BCUT2D eigenvalue weighted by atomic mass is 19.1. The Balaban J connectivity index is 2.51. The zero-order valence-corrected chi connectivity index (χ0v) is 9.05. The van der Waals surface area contributed by atoms with Gasteiger partial charge in [0.05, 0.1) is 23.4 Å². The van der Waals surface area contributed by atoms with Gasteiger partial charge in [0, 0.05) is 13.2 Å². The van der Waals surface area contributed by atoms with Crippen molar-refractivity contribution in [2.24, 2.45) is 0 Å².